The van der Waals surface area contributed by atoms with E-state index in [2.05, 4.69) is 39.4 Å². The molecule has 0 spiro atoms. The summed E-state index contributed by atoms with van der Waals surface area (Å²) in [4.78, 5) is 18.2. The molecule has 3 aromatic carbocycles. The van der Waals surface area contributed by atoms with Gasteiger partial charge < -0.3 is 14.8 Å². The Hall–Kier alpha value is -3.32. The van der Waals surface area contributed by atoms with Crippen LogP contribution >= 0.6 is 11.6 Å². The van der Waals surface area contributed by atoms with E-state index in [-0.39, 0.29) is 11.7 Å². The van der Waals surface area contributed by atoms with Gasteiger partial charge in [-0.1, -0.05) is 48.0 Å². The van der Waals surface area contributed by atoms with E-state index in [1.807, 2.05) is 19.1 Å². The molecule has 6 nitrogen and oxygen atoms in total. The number of nitrogens with zero attached hydrogens (tertiary/aromatic N) is 2. The summed E-state index contributed by atoms with van der Waals surface area (Å²) in [5.41, 5.74) is 4.52. The van der Waals surface area contributed by atoms with Gasteiger partial charge in [0.25, 0.3) is 5.91 Å². The summed E-state index contributed by atoms with van der Waals surface area (Å²) in [5, 5.41) is 15.1. The molecule has 4 aromatic rings. The minimum Gasteiger partial charge on any atom is -0.508 e. The summed E-state index contributed by atoms with van der Waals surface area (Å²) in [6.45, 7) is 8.76. The Labute approximate surface area is 216 Å². The maximum Gasteiger partial charge on any atom is 0.259 e. The van der Waals surface area contributed by atoms with E-state index in [0.29, 0.717) is 45.1 Å². The van der Waals surface area contributed by atoms with Gasteiger partial charge in [-0.2, -0.15) is 0 Å². The SMILES string of the molecule is Cc1oc2ccc(O)c(CN3CCN(Cc4ccccc4)CC3)c2c1C(=O)Nc1cccc(Cl)c1C. The van der Waals surface area contributed by atoms with Crippen molar-refractivity contribution in [2.45, 2.75) is 26.9 Å². The highest BCUT2D eigenvalue weighted by molar-refractivity contribution is 6.31. The summed E-state index contributed by atoms with van der Waals surface area (Å²) in [6, 6.07) is 19.3. The number of aromatic hydroxyl groups is 1. The number of nitrogens with one attached hydrogen (secondary N) is 1. The number of amides is 1. The molecular formula is C29H30ClN3O3. The minimum absolute atomic E-state index is 0.169. The molecule has 0 atom stereocenters. The Kier molecular flexibility index (Phi) is 7.01. The van der Waals surface area contributed by atoms with Crippen LogP contribution in [-0.4, -0.2) is 47.0 Å². The summed E-state index contributed by atoms with van der Waals surface area (Å²) in [5.74, 6) is 0.404. The lowest BCUT2D eigenvalue weighted by Gasteiger charge is -2.35. The normalized spacial score (nSPS) is 14.9. The third-order valence-corrected chi connectivity index (χ3v) is 7.36. The van der Waals surface area contributed by atoms with E-state index in [4.69, 9.17) is 16.0 Å². The third kappa shape index (κ3) is 4.98. The van der Waals surface area contributed by atoms with Crippen molar-refractivity contribution in [2.24, 2.45) is 0 Å². The van der Waals surface area contributed by atoms with Crippen molar-refractivity contribution in [3.63, 3.8) is 0 Å². The number of fused-ring (bicyclic) bond motifs is 1. The predicted molar refractivity (Wildman–Crippen MR) is 144 cm³/mol. The average molecular weight is 504 g/mol. The molecule has 2 N–H and O–H groups in total. The first-order valence-electron chi connectivity index (χ1n) is 12.2. The molecule has 1 saturated heterocycles. The Bertz CT molecular complexity index is 1390. The van der Waals surface area contributed by atoms with Crippen LogP contribution in [0.15, 0.2) is 65.1 Å². The first kappa shape index (κ1) is 24.4. The smallest absolute Gasteiger partial charge is 0.259 e. The molecule has 1 aliphatic rings. The molecule has 1 amide bonds. The fourth-order valence-electron chi connectivity index (χ4n) is 4.90. The average Bonchev–Trinajstić information content (AvgIpc) is 3.22. The Morgan fingerprint density at radius 1 is 0.944 bits per heavy atom. The second-order valence-corrected chi connectivity index (χ2v) is 9.78. The zero-order chi connectivity index (χ0) is 25.2. The number of hydrogen-bond donors (Lipinski definition) is 2. The van der Waals surface area contributed by atoms with E-state index >= 15 is 0 Å². The molecular weight excluding hydrogens is 474 g/mol. The molecule has 0 bridgehead atoms. The van der Waals surface area contributed by atoms with Crippen molar-refractivity contribution in [1.29, 1.82) is 0 Å². The molecule has 1 aliphatic heterocycles. The number of carbonyl (C=O) groups excluding carboxylic acids is 1. The van der Waals surface area contributed by atoms with Crippen LogP contribution in [-0.2, 0) is 13.1 Å². The van der Waals surface area contributed by atoms with Crippen LogP contribution in [0.5, 0.6) is 5.75 Å². The molecule has 0 saturated carbocycles. The van der Waals surface area contributed by atoms with Crippen LogP contribution in [0.25, 0.3) is 11.0 Å². The van der Waals surface area contributed by atoms with Gasteiger partial charge in [-0.05, 0) is 49.2 Å². The molecule has 0 unspecified atom stereocenters. The van der Waals surface area contributed by atoms with Gasteiger partial charge in [0.05, 0.1) is 5.56 Å². The zero-order valence-electron chi connectivity index (χ0n) is 20.6. The summed E-state index contributed by atoms with van der Waals surface area (Å²) in [6.07, 6.45) is 0. The summed E-state index contributed by atoms with van der Waals surface area (Å²) >= 11 is 6.25. The van der Waals surface area contributed by atoms with Crippen LogP contribution in [0.4, 0.5) is 5.69 Å². The Balaban J connectivity index is 1.37. The van der Waals surface area contributed by atoms with Gasteiger partial charge in [-0.25, -0.2) is 0 Å². The second kappa shape index (κ2) is 10.3. The van der Waals surface area contributed by atoms with Crippen molar-refractivity contribution < 1.29 is 14.3 Å². The molecule has 5 rings (SSSR count). The van der Waals surface area contributed by atoms with Crippen LogP contribution in [0.2, 0.25) is 5.02 Å². The third-order valence-electron chi connectivity index (χ3n) is 6.95. The van der Waals surface area contributed by atoms with Crippen molar-refractivity contribution in [3.8, 4) is 5.75 Å². The topological polar surface area (TPSA) is 69.0 Å². The van der Waals surface area contributed by atoms with Crippen LogP contribution in [0, 0.1) is 13.8 Å². The number of phenols is 1. The molecule has 1 aromatic heterocycles. The molecule has 0 aliphatic carbocycles. The predicted octanol–water partition coefficient (Wildman–Crippen LogP) is 5.98. The van der Waals surface area contributed by atoms with E-state index in [1.54, 1.807) is 31.2 Å². The number of rotatable bonds is 6. The lowest BCUT2D eigenvalue weighted by atomic mass is 10.0. The highest BCUT2D eigenvalue weighted by Gasteiger charge is 2.26. The fraction of sp³-hybridized carbons (Fsp3) is 0.276. The van der Waals surface area contributed by atoms with Crippen LogP contribution < -0.4 is 5.32 Å². The van der Waals surface area contributed by atoms with Gasteiger partial charge in [-0.15, -0.1) is 0 Å². The molecule has 7 heteroatoms. The van der Waals surface area contributed by atoms with Gasteiger partial charge in [0.1, 0.15) is 17.1 Å². The molecule has 36 heavy (non-hydrogen) atoms. The van der Waals surface area contributed by atoms with Gasteiger partial charge in [0.2, 0.25) is 0 Å². The highest BCUT2D eigenvalue weighted by atomic mass is 35.5. The number of carbonyl (C=O) groups is 1. The van der Waals surface area contributed by atoms with Crippen LogP contribution in [0.3, 0.4) is 0 Å². The Morgan fingerprint density at radius 3 is 2.36 bits per heavy atom. The van der Waals surface area contributed by atoms with E-state index in [1.165, 1.54) is 5.56 Å². The number of piperazine rings is 1. The molecule has 186 valence electrons. The van der Waals surface area contributed by atoms with Gasteiger partial charge in [0, 0.05) is 60.9 Å². The summed E-state index contributed by atoms with van der Waals surface area (Å²) < 4.78 is 5.96. The number of anilines is 1. The quantitative estimate of drug-likeness (QED) is 0.339. The largest absolute Gasteiger partial charge is 0.508 e. The van der Waals surface area contributed by atoms with Crippen molar-refractivity contribution in [1.82, 2.24) is 9.80 Å². The maximum absolute atomic E-state index is 13.4. The van der Waals surface area contributed by atoms with E-state index < -0.39 is 0 Å². The lowest BCUT2D eigenvalue weighted by molar-refractivity contribution is 0.102. The lowest BCUT2D eigenvalue weighted by Crippen LogP contribution is -2.45. The standard InChI is InChI=1S/C29H30ClN3O3/c1-19-23(30)9-6-10-24(19)31-29(35)27-20(2)36-26-12-11-25(34)22(28(26)27)18-33-15-13-32(14-16-33)17-21-7-4-3-5-8-21/h3-12,34H,13-18H2,1-2H3,(H,31,35). The summed E-state index contributed by atoms with van der Waals surface area (Å²) in [7, 11) is 0. The minimum atomic E-state index is -0.281. The highest BCUT2D eigenvalue weighted by Crippen LogP contribution is 2.35. The van der Waals surface area contributed by atoms with Crippen molar-refractivity contribution >= 4 is 34.2 Å². The molecule has 2 heterocycles. The number of hydrogen-bond acceptors (Lipinski definition) is 5. The maximum atomic E-state index is 13.4. The number of phenolic OH excluding ortho intramolecular Hbond substituents is 1. The second-order valence-electron chi connectivity index (χ2n) is 9.37. The number of halogens is 1. The number of furan rings is 1. The van der Waals surface area contributed by atoms with Crippen molar-refractivity contribution in [2.75, 3.05) is 31.5 Å². The fourth-order valence-corrected chi connectivity index (χ4v) is 5.07. The molecule has 1 fully saturated rings. The molecule has 0 radical (unpaired) electrons. The number of benzene rings is 3. The first-order valence-corrected chi connectivity index (χ1v) is 12.6. The number of aryl methyl sites for hydroxylation is 1. The Morgan fingerprint density at radius 2 is 1.64 bits per heavy atom. The van der Waals surface area contributed by atoms with Crippen molar-refractivity contribution in [3.05, 3.63) is 93.7 Å². The zero-order valence-corrected chi connectivity index (χ0v) is 21.3. The van der Waals surface area contributed by atoms with E-state index in [9.17, 15) is 9.90 Å². The van der Waals surface area contributed by atoms with Gasteiger partial charge >= 0.3 is 0 Å². The van der Waals surface area contributed by atoms with Gasteiger partial charge in [-0.3, -0.25) is 14.6 Å². The first-order chi connectivity index (χ1) is 17.4. The van der Waals surface area contributed by atoms with Gasteiger partial charge in [0.15, 0.2) is 0 Å². The van der Waals surface area contributed by atoms with E-state index in [0.717, 1.165) is 38.3 Å². The van der Waals surface area contributed by atoms with Crippen LogP contribution in [0.1, 0.15) is 32.8 Å². The monoisotopic (exact) mass is 503 g/mol.